The van der Waals surface area contributed by atoms with Gasteiger partial charge in [-0.25, -0.2) is 4.98 Å². The van der Waals surface area contributed by atoms with E-state index in [4.69, 9.17) is 5.73 Å². The molecule has 0 aliphatic heterocycles. The molecule has 2 aromatic heterocycles. The molecule has 0 aliphatic carbocycles. The summed E-state index contributed by atoms with van der Waals surface area (Å²) >= 11 is 1.23. The number of anilines is 2. The van der Waals surface area contributed by atoms with Crippen LogP contribution >= 0.6 is 11.3 Å². The number of nitrogens with one attached hydrogen (secondary N) is 1. The van der Waals surface area contributed by atoms with Crippen molar-refractivity contribution >= 4 is 56.8 Å². The summed E-state index contributed by atoms with van der Waals surface area (Å²) < 4.78 is 0. The molecule has 2 aromatic carbocycles. The zero-order chi connectivity index (χ0) is 22.0. The maximum atomic E-state index is 12.9. The van der Waals surface area contributed by atoms with E-state index in [0.717, 1.165) is 5.56 Å². The van der Waals surface area contributed by atoms with Crippen LogP contribution in [0.3, 0.4) is 0 Å². The average molecular weight is 428 g/mol. The molecule has 5 nitrogen and oxygen atoms in total. The van der Waals surface area contributed by atoms with Crippen molar-refractivity contribution in [1.82, 2.24) is 4.98 Å². The number of hydrogen-bond acceptors (Lipinski definition) is 5. The number of fused-ring (bicyclic) bond motifs is 1. The van der Waals surface area contributed by atoms with E-state index in [2.05, 4.69) is 10.3 Å². The fourth-order valence-electron chi connectivity index (χ4n) is 3.53. The highest BCUT2D eigenvalue weighted by molar-refractivity contribution is 7.21. The Morgan fingerprint density at radius 2 is 1.65 bits per heavy atom. The zero-order valence-corrected chi connectivity index (χ0v) is 18.0. The number of hydrogen-bond donors (Lipinski definition) is 2. The molecule has 0 saturated heterocycles. The lowest BCUT2D eigenvalue weighted by Crippen LogP contribution is -2.11. The first-order valence-electron chi connectivity index (χ1n) is 9.78. The van der Waals surface area contributed by atoms with Gasteiger partial charge in [0.1, 0.15) is 9.71 Å². The number of para-hydroxylation sites is 1. The van der Waals surface area contributed by atoms with E-state index < -0.39 is 0 Å². The van der Waals surface area contributed by atoms with Crippen molar-refractivity contribution in [3.05, 3.63) is 87.9 Å². The molecule has 0 bridgehead atoms. The molecule has 0 spiro atoms. The van der Waals surface area contributed by atoms with Crippen LogP contribution in [0.1, 0.15) is 43.8 Å². The van der Waals surface area contributed by atoms with Gasteiger partial charge in [0.05, 0.1) is 11.4 Å². The Balaban J connectivity index is 1.86. The van der Waals surface area contributed by atoms with E-state index >= 15 is 0 Å². The predicted octanol–water partition coefficient (Wildman–Crippen LogP) is 5.81. The van der Waals surface area contributed by atoms with Gasteiger partial charge >= 0.3 is 0 Å². The number of Topliss-reactive ketones (excluding diaryl/α,β-unsaturated/α-hetero) is 1. The molecule has 0 unspecified atom stereocenters. The van der Waals surface area contributed by atoms with Gasteiger partial charge < -0.3 is 11.1 Å². The number of carbonyl (C=O) groups is 2. The summed E-state index contributed by atoms with van der Waals surface area (Å²) in [7, 11) is 0. The van der Waals surface area contributed by atoms with E-state index in [1.165, 1.54) is 18.3 Å². The average Bonchev–Trinajstić information content (AvgIpc) is 3.09. The lowest BCUT2D eigenvalue weighted by atomic mass is 9.98. The molecule has 3 N–H and O–H groups in total. The largest absolute Gasteiger partial charge is 0.397 e. The Bertz CT molecular complexity index is 1310. The van der Waals surface area contributed by atoms with Gasteiger partial charge in [0.15, 0.2) is 5.78 Å². The fourth-order valence-corrected chi connectivity index (χ4v) is 4.58. The number of ketones is 1. The lowest BCUT2D eigenvalue weighted by Gasteiger charge is -2.09. The van der Waals surface area contributed by atoms with Gasteiger partial charge in [0, 0.05) is 16.6 Å². The van der Waals surface area contributed by atoms with E-state index in [0.29, 0.717) is 43.3 Å². The second kappa shape index (κ2) is 8.53. The van der Waals surface area contributed by atoms with Crippen LogP contribution in [0, 0.1) is 6.92 Å². The highest BCUT2D eigenvalue weighted by Gasteiger charge is 2.23. The maximum Gasteiger partial charge on any atom is 0.267 e. The third-order valence-electron chi connectivity index (χ3n) is 4.93. The number of nitrogen functional groups attached to an aromatic ring is 1. The standard InChI is InChI=1S/C25H21N3O2S/c1-15-20(16(2)29)19(14-13-17-9-5-3-6-10-17)21-22(26)23(31-25(21)27-15)24(30)28-18-11-7-4-8-12-18/h3-14H,26H2,1-2H3,(H,28,30)/b14-13+. The van der Waals surface area contributed by atoms with Gasteiger partial charge in [-0.1, -0.05) is 60.7 Å². The molecular formula is C25H21N3O2S. The van der Waals surface area contributed by atoms with E-state index in [1.807, 2.05) is 72.8 Å². The molecule has 2 heterocycles. The number of pyridine rings is 1. The first-order valence-corrected chi connectivity index (χ1v) is 10.6. The van der Waals surface area contributed by atoms with Crippen LogP contribution in [-0.2, 0) is 0 Å². The summed E-state index contributed by atoms with van der Waals surface area (Å²) in [6, 6.07) is 19.0. The Kier molecular flexibility index (Phi) is 5.64. The second-order valence-corrected chi connectivity index (χ2v) is 8.13. The number of carbonyl (C=O) groups excluding carboxylic acids is 2. The van der Waals surface area contributed by atoms with Crippen molar-refractivity contribution in [3.63, 3.8) is 0 Å². The van der Waals surface area contributed by atoms with Crippen LogP contribution in [-0.4, -0.2) is 16.7 Å². The molecule has 154 valence electrons. The number of rotatable bonds is 5. The summed E-state index contributed by atoms with van der Waals surface area (Å²) in [5, 5.41) is 3.50. The van der Waals surface area contributed by atoms with E-state index in [1.54, 1.807) is 6.92 Å². The first-order chi connectivity index (χ1) is 15.0. The molecule has 0 atom stereocenters. The Morgan fingerprint density at radius 1 is 1.00 bits per heavy atom. The van der Waals surface area contributed by atoms with Crippen molar-refractivity contribution in [2.24, 2.45) is 0 Å². The molecule has 0 fully saturated rings. The highest BCUT2D eigenvalue weighted by Crippen LogP contribution is 2.38. The van der Waals surface area contributed by atoms with E-state index in [9.17, 15) is 9.59 Å². The van der Waals surface area contributed by atoms with Gasteiger partial charge in [0.2, 0.25) is 0 Å². The van der Waals surface area contributed by atoms with Gasteiger partial charge in [-0.05, 0) is 37.1 Å². The number of aryl methyl sites for hydroxylation is 1. The number of nitrogens with zero attached hydrogens (tertiary/aromatic N) is 1. The molecule has 4 rings (SSSR count). The van der Waals surface area contributed by atoms with Crippen LogP contribution in [0.4, 0.5) is 11.4 Å². The first kappa shape index (κ1) is 20.5. The van der Waals surface area contributed by atoms with Crippen molar-refractivity contribution in [3.8, 4) is 0 Å². The van der Waals surface area contributed by atoms with Gasteiger partial charge in [0.25, 0.3) is 5.91 Å². The molecule has 31 heavy (non-hydrogen) atoms. The van der Waals surface area contributed by atoms with Crippen molar-refractivity contribution in [1.29, 1.82) is 0 Å². The number of thiophene rings is 1. The summed E-state index contributed by atoms with van der Waals surface area (Å²) in [6.45, 7) is 3.32. The third-order valence-corrected chi connectivity index (χ3v) is 6.03. The third kappa shape index (κ3) is 4.11. The molecule has 0 aliphatic rings. The van der Waals surface area contributed by atoms with Crippen molar-refractivity contribution < 1.29 is 9.59 Å². The number of aromatic nitrogens is 1. The van der Waals surface area contributed by atoms with Crippen LogP contribution in [0.15, 0.2) is 60.7 Å². The minimum Gasteiger partial charge on any atom is -0.397 e. The predicted molar refractivity (Wildman–Crippen MR) is 129 cm³/mol. The minimum atomic E-state index is -0.299. The van der Waals surface area contributed by atoms with Crippen LogP contribution in [0.2, 0.25) is 0 Å². The smallest absolute Gasteiger partial charge is 0.267 e. The Hall–Kier alpha value is -3.77. The zero-order valence-electron chi connectivity index (χ0n) is 17.2. The monoisotopic (exact) mass is 427 g/mol. The molecule has 0 radical (unpaired) electrons. The van der Waals surface area contributed by atoms with Crippen LogP contribution in [0.5, 0.6) is 0 Å². The highest BCUT2D eigenvalue weighted by atomic mass is 32.1. The number of benzene rings is 2. The van der Waals surface area contributed by atoms with Gasteiger partial charge in [-0.15, -0.1) is 11.3 Å². The molecule has 0 saturated carbocycles. The number of nitrogens with two attached hydrogens (primary N) is 1. The fraction of sp³-hybridized carbons (Fsp3) is 0.0800. The summed E-state index contributed by atoms with van der Waals surface area (Å²) in [4.78, 5) is 30.9. The summed E-state index contributed by atoms with van der Waals surface area (Å²) in [5.74, 6) is -0.396. The summed E-state index contributed by atoms with van der Waals surface area (Å²) in [6.07, 6.45) is 3.81. The van der Waals surface area contributed by atoms with Crippen LogP contribution < -0.4 is 11.1 Å². The summed E-state index contributed by atoms with van der Waals surface area (Å²) in [5.41, 5.74) is 10.3. The Labute approximate surface area is 184 Å². The number of amides is 1. The Morgan fingerprint density at radius 3 is 2.29 bits per heavy atom. The molecular weight excluding hydrogens is 406 g/mol. The quantitative estimate of drug-likeness (QED) is 0.394. The maximum absolute atomic E-state index is 12.9. The van der Waals surface area contributed by atoms with Gasteiger partial charge in [-0.2, -0.15) is 0 Å². The van der Waals surface area contributed by atoms with E-state index in [-0.39, 0.29) is 11.7 Å². The topological polar surface area (TPSA) is 85.1 Å². The lowest BCUT2D eigenvalue weighted by molar-refractivity contribution is 0.101. The normalized spacial score (nSPS) is 11.2. The second-order valence-electron chi connectivity index (χ2n) is 7.13. The van der Waals surface area contributed by atoms with Crippen LogP contribution in [0.25, 0.3) is 22.4 Å². The van der Waals surface area contributed by atoms with Gasteiger partial charge in [-0.3, -0.25) is 9.59 Å². The molecule has 6 heteroatoms. The molecule has 4 aromatic rings. The van der Waals surface area contributed by atoms with Crippen molar-refractivity contribution in [2.75, 3.05) is 11.1 Å². The van der Waals surface area contributed by atoms with Crippen molar-refractivity contribution in [2.45, 2.75) is 13.8 Å². The minimum absolute atomic E-state index is 0.0968. The molecule has 1 amide bonds. The SMILES string of the molecule is CC(=O)c1c(C)nc2sc(C(=O)Nc3ccccc3)c(N)c2c1/C=C/c1ccccc1.